The lowest BCUT2D eigenvalue weighted by atomic mass is 9.95. The van der Waals surface area contributed by atoms with Gasteiger partial charge in [-0.1, -0.05) is 75.3 Å². The number of aromatic nitrogens is 1. The van der Waals surface area contributed by atoms with Crippen molar-refractivity contribution in [1.29, 1.82) is 0 Å². The van der Waals surface area contributed by atoms with Crippen LogP contribution in [-0.4, -0.2) is 23.8 Å². The first-order valence-corrected chi connectivity index (χ1v) is 16.4. The Bertz CT molecular complexity index is 1940. The molecule has 4 aromatic rings. The highest BCUT2D eigenvalue weighted by Crippen LogP contribution is 2.35. The zero-order chi connectivity index (χ0) is 32.1. The Labute approximate surface area is 274 Å². The lowest BCUT2D eigenvalue weighted by molar-refractivity contribution is -0.139. The molecule has 0 saturated heterocycles. The smallest absolute Gasteiger partial charge is 0.338 e. The third-order valence-corrected chi connectivity index (χ3v) is 8.83. The van der Waals surface area contributed by atoms with E-state index in [1.165, 1.54) is 11.3 Å². The molecule has 0 radical (unpaired) electrons. The molecule has 7 nitrogen and oxygen atoms in total. The quantitative estimate of drug-likeness (QED) is 0.132. The number of thiazole rings is 1. The zero-order valence-corrected chi connectivity index (χ0v) is 28.2. The van der Waals surface area contributed by atoms with Crippen molar-refractivity contribution in [2.45, 2.75) is 46.8 Å². The van der Waals surface area contributed by atoms with Gasteiger partial charge in [0, 0.05) is 10.0 Å². The first-order valence-electron chi connectivity index (χ1n) is 14.8. The molecule has 3 aromatic carbocycles. The maximum Gasteiger partial charge on any atom is 0.338 e. The number of halogens is 1. The number of nitrogens with zero attached hydrogens (tertiary/aromatic N) is 2. The number of rotatable bonds is 11. The van der Waals surface area contributed by atoms with Gasteiger partial charge in [-0.2, -0.15) is 0 Å². The average Bonchev–Trinajstić information content (AvgIpc) is 3.31. The van der Waals surface area contributed by atoms with E-state index >= 15 is 0 Å². The molecule has 0 bridgehead atoms. The van der Waals surface area contributed by atoms with Gasteiger partial charge in [0.2, 0.25) is 0 Å². The second-order valence-electron chi connectivity index (χ2n) is 10.6. The minimum Gasteiger partial charge on any atom is -0.490 e. The van der Waals surface area contributed by atoms with Crippen LogP contribution in [-0.2, 0) is 22.6 Å². The molecule has 5 rings (SSSR count). The number of fused-ring (bicyclic) bond motifs is 1. The molecule has 1 aliphatic heterocycles. The van der Waals surface area contributed by atoms with Gasteiger partial charge in [-0.3, -0.25) is 9.36 Å². The van der Waals surface area contributed by atoms with Crippen molar-refractivity contribution in [2.24, 2.45) is 4.99 Å². The fourth-order valence-electron chi connectivity index (χ4n) is 5.24. The van der Waals surface area contributed by atoms with Crippen LogP contribution in [0.1, 0.15) is 54.6 Å². The van der Waals surface area contributed by atoms with Crippen LogP contribution < -0.4 is 24.4 Å². The summed E-state index contributed by atoms with van der Waals surface area (Å²) in [7, 11) is 0. The van der Waals surface area contributed by atoms with Crippen LogP contribution in [0.2, 0.25) is 0 Å². The number of benzene rings is 3. The van der Waals surface area contributed by atoms with Gasteiger partial charge in [0.25, 0.3) is 5.56 Å². The van der Waals surface area contributed by atoms with E-state index in [-0.39, 0.29) is 12.2 Å². The van der Waals surface area contributed by atoms with E-state index in [0.29, 0.717) is 51.7 Å². The van der Waals surface area contributed by atoms with Crippen LogP contribution in [0.25, 0.3) is 6.08 Å². The fraction of sp³-hybridized carbons (Fsp3) is 0.250. The first kappa shape index (κ1) is 32.2. The molecule has 0 N–H and O–H groups in total. The highest BCUT2D eigenvalue weighted by Gasteiger charge is 2.33. The van der Waals surface area contributed by atoms with E-state index in [9.17, 15) is 9.59 Å². The molecule has 45 heavy (non-hydrogen) atoms. The number of carbonyl (C=O) groups excluding carboxylic acids is 1. The molecular formula is C36H35BrN2O5S. The van der Waals surface area contributed by atoms with Crippen LogP contribution in [0.5, 0.6) is 11.5 Å². The maximum atomic E-state index is 14.1. The highest BCUT2D eigenvalue weighted by atomic mass is 79.9. The van der Waals surface area contributed by atoms with Gasteiger partial charge in [0.15, 0.2) is 16.3 Å². The van der Waals surface area contributed by atoms with Gasteiger partial charge >= 0.3 is 5.97 Å². The summed E-state index contributed by atoms with van der Waals surface area (Å²) in [5.41, 5.74) is 5.24. The molecule has 0 spiro atoms. The van der Waals surface area contributed by atoms with Crippen LogP contribution in [0.15, 0.2) is 98.8 Å². The lowest BCUT2D eigenvalue weighted by Gasteiger charge is -2.24. The minimum atomic E-state index is -0.659. The molecule has 0 saturated carbocycles. The Kier molecular flexibility index (Phi) is 10.2. The van der Waals surface area contributed by atoms with Crippen LogP contribution in [0.4, 0.5) is 0 Å². The van der Waals surface area contributed by atoms with Crippen molar-refractivity contribution in [3.05, 3.63) is 137 Å². The Balaban J connectivity index is 1.62. The van der Waals surface area contributed by atoms with E-state index < -0.39 is 12.0 Å². The molecule has 2 heterocycles. The summed E-state index contributed by atoms with van der Waals surface area (Å²) in [4.78, 5) is 32.5. The molecule has 1 aliphatic rings. The number of ether oxygens (including phenoxy) is 3. The van der Waals surface area contributed by atoms with Crippen molar-refractivity contribution in [2.75, 3.05) is 13.2 Å². The number of carbonyl (C=O) groups is 1. The third kappa shape index (κ3) is 7.05. The Hall–Kier alpha value is -4.21. The fourth-order valence-corrected chi connectivity index (χ4v) is 6.55. The summed E-state index contributed by atoms with van der Waals surface area (Å²) in [6, 6.07) is 19.0. The number of hydrogen-bond donors (Lipinski definition) is 0. The molecule has 0 amide bonds. The summed E-state index contributed by atoms with van der Waals surface area (Å²) in [6.45, 7) is 12.4. The Morgan fingerprint density at radius 3 is 2.44 bits per heavy atom. The number of aryl methyl sites for hydroxylation is 1. The van der Waals surface area contributed by atoms with Gasteiger partial charge in [0.1, 0.15) is 6.61 Å². The molecule has 0 fully saturated rings. The van der Waals surface area contributed by atoms with E-state index in [2.05, 4.69) is 22.5 Å². The van der Waals surface area contributed by atoms with Gasteiger partial charge in [0.05, 0.1) is 35.1 Å². The molecule has 9 heteroatoms. The molecule has 0 aliphatic carbocycles. The van der Waals surface area contributed by atoms with E-state index in [1.54, 1.807) is 18.4 Å². The normalized spacial score (nSPS) is 14.5. The summed E-state index contributed by atoms with van der Waals surface area (Å²) in [6.07, 6.45) is 4.21. The monoisotopic (exact) mass is 686 g/mol. The van der Waals surface area contributed by atoms with Crippen LogP contribution in [0, 0.1) is 6.92 Å². The summed E-state index contributed by atoms with van der Waals surface area (Å²) in [5, 5.41) is 0. The average molecular weight is 688 g/mol. The van der Waals surface area contributed by atoms with E-state index in [1.807, 2.05) is 86.7 Å². The topological polar surface area (TPSA) is 79.1 Å². The molecule has 1 atom stereocenters. The summed E-state index contributed by atoms with van der Waals surface area (Å²) >= 11 is 4.76. The minimum absolute atomic E-state index is 0.221. The van der Waals surface area contributed by atoms with Crippen LogP contribution >= 0.6 is 27.3 Å². The summed E-state index contributed by atoms with van der Waals surface area (Å²) in [5.74, 6) is 0.756. The van der Waals surface area contributed by atoms with Crippen molar-refractivity contribution >= 4 is 39.3 Å². The van der Waals surface area contributed by atoms with E-state index in [4.69, 9.17) is 19.2 Å². The highest BCUT2D eigenvalue weighted by molar-refractivity contribution is 9.10. The van der Waals surface area contributed by atoms with Crippen molar-refractivity contribution in [3.63, 3.8) is 0 Å². The molecule has 232 valence electrons. The van der Waals surface area contributed by atoms with Gasteiger partial charge < -0.3 is 14.2 Å². The second-order valence-corrected chi connectivity index (χ2v) is 12.5. The lowest BCUT2D eigenvalue weighted by Crippen LogP contribution is -2.39. The molecule has 0 unspecified atom stereocenters. The second kappa shape index (κ2) is 14.3. The maximum absolute atomic E-state index is 14.1. The zero-order valence-electron chi connectivity index (χ0n) is 25.8. The van der Waals surface area contributed by atoms with Gasteiger partial charge in [-0.15, -0.1) is 6.58 Å². The van der Waals surface area contributed by atoms with Gasteiger partial charge in [-0.25, -0.2) is 9.79 Å². The van der Waals surface area contributed by atoms with Gasteiger partial charge in [-0.05, 0) is 81.1 Å². The standard InChI is InChI=1S/C36H35BrN2O5S/c1-6-9-27-18-25(19-29(42-7-2)33(27)44-21-24-12-16-28(37)17-13-24)20-30-34(40)39-32(26-14-10-22(4)11-15-26)31(35(41)43-8-3)23(5)38-36(39)45-30/h6,10-20,32H,1,7-9,21H2,2-5H3/b30-20+/t32-/m0/s1. The SMILES string of the molecule is C=CCc1cc(/C=c2/sc3n(c2=O)[C@@H](c2ccc(C)cc2)C(C(=O)OCC)=C(C)N=3)cc(OCC)c1OCc1ccc(Br)cc1. The van der Waals surface area contributed by atoms with E-state index in [0.717, 1.165) is 32.3 Å². The number of allylic oxidation sites excluding steroid dienone is 2. The largest absolute Gasteiger partial charge is 0.490 e. The Morgan fingerprint density at radius 1 is 1.04 bits per heavy atom. The first-order chi connectivity index (χ1) is 21.7. The number of hydrogen-bond acceptors (Lipinski definition) is 7. The van der Waals surface area contributed by atoms with Crippen molar-refractivity contribution in [1.82, 2.24) is 4.57 Å². The number of esters is 1. The predicted octanol–water partition coefficient (Wildman–Crippen LogP) is 6.58. The van der Waals surface area contributed by atoms with Crippen LogP contribution in [0.3, 0.4) is 0 Å². The van der Waals surface area contributed by atoms with Crippen molar-refractivity contribution in [3.8, 4) is 11.5 Å². The summed E-state index contributed by atoms with van der Waals surface area (Å²) < 4.78 is 20.8. The molecule has 1 aromatic heterocycles. The van der Waals surface area contributed by atoms with Crippen molar-refractivity contribution < 1.29 is 19.0 Å². The predicted molar refractivity (Wildman–Crippen MR) is 182 cm³/mol. The Morgan fingerprint density at radius 2 is 1.78 bits per heavy atom. The third-order valence-electron chi connectivity index (χ3n) is 7.32. The molecular weight excluding hydrogens is 652 g/mol.